The SMILES string of the molecule is Cc1cc2nc(C(=O)N3CCNC(=O)[C@H]3Cc3ccccc3)cc(C)n2n1. The lowest BCUT2D eigenvalue weighted by molar-refractivity contribution is -0.127. The fraction of sp³-hybridized carbons (Fsp3) is 0.300. The van der Waals surface area contributed by atoms with Crippen molar-refractivity contribution < 1.29 is 9.59 Å². The lowest BCUT2D eigenvalue weighted by Gasteiger charge is -2.35. The van der Waals surface area contributed by atoms with Crippen molar-refractivity contribution in [3.63, 3.8) is 0 Å². The smallest absolute Gasteiger partial charge is 0.273 e. The number of fused-ring (bicyclic) bond motifs is 1. The van der Waals surface area contributed by atoms with Crippen LogP contribution in [0.1, 0.15) is 27.4 Å². The molecule has 7 heteroatoms. The van der Waals surface area contributed by atoms with Crippen LogP contribution >= 0.6 is 0 Å². The van der Waals surface area contributed by atoms with E-state index < -0.39 is 6.04 Å². The molecule has 1 aromatic carbocycles. The minimum Gasteiger partial charge on any atom is -0.353 e. The Labute approximate surface area is 157 Å². The second-order valence-corrected chi connectivity index (χ2v) is 6.83. The standard InChI is InChI=1S/C20H21N5O2/c1-13-10-18-22-16(11-14(2)25(18)23-13)20(27)24-9-8-21-19(26)17(24)12-15-6-4-3-5-7-15/h3-7,10-11,17H,8-9,12H2,1-2H3,(H,21,26)/t17-/m1/s1. The number of hydrogen-bond donors (Lipinski definition) is 1. The fourth-order valence-corrected chi connectivity index (χ4v) is 3.49. The molecule has 4 rings (SSSR count). The maximum absolute atomic E-state index is 13.2. The quantitative estimate of drug-likeness (QED) is 0.765. The van der Waals surface area contributed by atoms with E-state index in [1.165, 1.54) is 0 Å². The molecule has 3 aromatic rings. The maximum atomic E-state index is 13.2. The summed E-state index contributed by atoms with van der Waals surface area (Å²) < 4.78 is 1.72. The van der Waals surface area contributed by atoms with E-state index in [0.29, 0.717) is 30.9 Å². The van der Waals surface area contributed by atoms with Crippen molar-refractivity contribution in [2.24, 2.45) is 0 Å². The first-order valence-electron chi connectivity index (χ1n) is 8.99. The molecule has 0 spiro atoms. The Bertz CT molecular complexity index is 1010. The molecule has 1 fully saturated rings. The van der Waals surface area contributed by atoms with Gasteiger partial charge in [-0.05, 0) is 25.5 Å². The van der Waals surface area contributed by atoms with Crippen LogP contribution in [-0.2, 0) is 11.2 Å². The van der Waals surface area contributed by atoms with Gasteiger partial charge in [0.1, 0.15) is 11.7 Å². The van der Waals surface area contributed by atoms with Crippen molar-refractivity contribution >= 4 is 17.5 Å². The summed E-state index contributed by atoms with van der Waals surface area (Å²) in [6.45, 7) is 4.69. The highest BCUT2D eigenvalue weighted by molar-refractivity contribution is 5.97. The number of benzene rings is 1. The third-order valence-electron chi connectivity index (χ3n) is 4.81. The predicted molar refractivity (Wildman–Crippen MR) is 100 cm³/mol. The summed E-state index contributed by atoms with van der Waals surface area (Å²) in [6, 6.07) is 12.8. The van der Waals surface area contributed by atoms with Gasteiger partial charge < -0.3 is 10.2 Å². The van der Waals surface area contributed by atoms with Crippen LogP contribution in [0.4, 0.5) is 0 Å². The van der Waals surface area contributed by atoms with Gasteiger partial charge in [-0.15, -0.1) is 0 Å². The number of carbonyl (C=O) groups excluding carboxylic acids is 2. The molecule has 138 valence electrons. The van der Waals surface area contributed by atoms with E-state index in [1.54, 1.807) is 15.5 Å². The zero-order chi connectivity index (χ0) is 19.0. The monoisotopic (exact) mass is 363 g/mol. The number of carbonyl (C=O) groups is 2. The number of aryl methyl sites for hydroxylation is 2. The van der Waals surface area contributed by atoms with Gasteiger partial charge in [0.05, 0.1) is 5.69 Å². The fourth-order valence-electron chi connectivity index (χ4n) is 3.49. The summed E-state index contributed by atoms with van der Waals surface area (Å²) in [5.41, 5.74) is 3.67. The Morgan fingerprint density at radius 2 is 2.00 bits per heavy atom. The summed E-state index contributed by atoms with van der Waals surface area (Å²) >= 11 is 0. The maximum Gasteiger partial charge on any atom is 0.273 e. The number of piperazine rings is 1. The van der Waals surface area contributed by atoms with Gasteiger partial charge in [-0.2, -0.15) is 5.10 Å². The summed E-state index contributed by atoms with van der Waals surface area (Å²) in [4.78, 5) is 31.8. The number of aromatic nitrogens is 3. The van der Waals surface area contributed by atoms with Crippen LogP contribution in [0.25, 0.3) is 5.65 Å². The van der Waals surface area contributed by atoms with Crippen molar-refractivity contribution in [1.82, 2.24) is 24.8 Å². The lowest BCUT2D eigenvalue weighted by atomic mass is 10.0. The van der Waals surface area contributed by atoms with Gasteiger partial charge in [-0.3, -0.25) is 9.59 Å². The Balaban J connectivity index is 1.67. The van der Waals surface area contributed by atoms with Crippen LogP contribution in [0.3, 0.4) is 0 Å². The molecule has 2 aromatic heterocycles. The molecule has 0 unspecified atom stereocenters. The van der Waals surface area contributed by atoms with Crippen molar-refractivity contribution in [2.45, 2.75) is 26.3 Å². The third-order valence-corrected chi connectivity index (χ3v) is 4.81. The molecule has 27 heavy (non-hydrogen) atoms. The van der Waals surface area contributed by atoms with E-state index in [2.05, 4.69) is 15.4 Å². The highest BCUT2D eigenvalue weighted by Crippen LogP contribution is 2.17. The van der Waals surface area contributed by atoms with Gasteiger partial charge in [0, 0.05) is 31.3 Å². The highest BCUT2D eigenvalue weighted by Gasteiger charge is 2.34. The van der Waals surface area contributed by atoms with Gasteiger partial charge in [0.15, 0.2) is 5.65 Å². The third kappa shape index (κ3) is 3.28. The average molecular weight is 363 g/mol. The molecule has 2 amide bonds. The van der Waals surface area contributed by atoms with Gasteiger partial charge >= 0.3 is 0 Å². The summed E-state index contributed by atoms with van der Waals surface area (Å²) in [7, 11) is 0. The topological polar surface area (TPSA) is 79.6 Å². The van der Waals surface area contributed by atoms with Gasteiger partial charge in [-0.1, -0.05) is 30.3 Å². The lowest BCUT2D eigenvalue weighted by Crippen LogP contribution is -2.58. The van der Waals surface area contributed by atoms with E-state index in [1.807, 2.05) is 50.2 Å². The van der Waals surface area contributed by atoms with E-state index in [4.69, 9.17) is 0 Å². The Hall–Kier alpha value is -3.22. The zero-order valence-corrected chi connectivity index (χ0v) is 15.3. The van der Waals surface area contributed by atoms with Crippen molar-refractivity contribution in [3.05, 3.63) is 65.1 Å². The van der Waals surface area contributed by atoms with Crippen molar-refractivity contribution in [3.8, 4) is 0 Å². The van der Waals surface area contributed by atoms with E-state index in [-0.39, 0.29) is 11.8 Å². The molecular formula is C20H21N5O2. The molecule has 1 aliphatic heterocycles. The molecule has 1 saturated heterocycles. The van der Waals surface area contributed by atoms with Gasteiger partial charge in [0.25, 0.3) is 5.91 Å². The van der Waals surface area contributed by atoms with E-state index in [0.717, 1.165) is 17.0 Å². The predicted octanol–water partition coefficient (Wildman–Crippen LogP) is 1.53. The van der Waals surface area contributed by atoms with Crippen molar-refractivity contribution in [2.75, 3.05) is 13.1 Å². The number of nitrogens with one attached hydrogen (secondary N) is 1. The van der Waals surface area contributed by atoms with Crippen LogP contribution in [0.15, 0.2) is 42.5 Å². The normalized spacial score (nSPS) is 17.2. The molecule has 3 heterocycles. The summed E-state index contributed by atoms with van der Waals surface area (Å²) in [5, 5.41) is 7.24. The number of rotatable bonds is 3. The molecular weight excluding hydrogens is 342 g/mol. The molecule has 0 aliphatic carbocycles. The Morgan fingerprint density at radius 3 is 2.78 bits per heavy atom. The van der Waals surface area contributed by atoms with Gasteiger partial charge in [0.2, 0.25) is 5.91 Å². The van der Waals surface area contributed by atoms with Crippen LogP contribution in [0, 0.1) is 13.8 Å². The first kappa shape index (κ1) is 17.2. The van der Waals surface area contributed by atoms with Crippen LogP contribution in [-0.4, -0.2) is 50.4 Å². The largest absolute Gasteiger partial charge is 0.353 e. The minimum absolute atomic E-state index is 0.128. The highest BCUT2D eigenvalue weighted by atomic mass is 16.2. The minimum atomic E-state index is -0.543. The molecule has 0 saturated carbocycles. The number of nitrogens with zero attached hydrogens (tertiary/aromatic N) is 4. The molecule has 1 N–H and O–H groups in total. The van der Waals surface area contributed by atoms with Crippen LogP contribution in [0.2, 0.25) is 0 Å². The Morgan fingerprint density at radius 1 is 1.22 bits per heavy atom. The van der Waals surface area contributed by atoms with Crippen LogP contribution in [0.5, 0.6) is 0 Å². The average Bonchev–Trinajstić information content (AvgIpc) is 3.04. The van der Waals surface area contributed by atoms with E-state index >= 15 is 0 Å². The van der Waals surface area contributed by atoms with Crippen molar-refractivity contribution in [1.29, 1.82) is 0 Å². The molecule has 1 aliphatic rings. The Kier molecular flexibility index (Phi) is 4.35. The van der Waals surface area contributed by atoms with E-state index in [9.17, 15) is 9.59 Å². The first-order valence-corrected chi connectivity index (χ1v) is 8.99. The molecule has 0 radical (unpaired) electrons. The second kappa shape index (κ2) is 6.83. The van der Waals surface area contributed by atoms with Gasteiger partial charge in [-0.25, -0.2) is 9.50 Å². The molecule has 0 bridgehead atoms. The molecule has 1 atom stereocenters. The second-order valence-electron chi connectivity index (χ2n) is 6.83. The summed E-state index contributed by atoms with van der Waals surface area (Å²) in [5.74, 6) is -0.355. The summed E-state index contributed by atoms with van der Waals surface area (Å²) in [6.07, 6.45) is 0.478. The molecule has 7 nitrogen and oxygen atoms in total. The zero-order valence-electron chi connectivity index (χ0n) is 15.3. The number of amides is 2. The first-order chi connectivity index (χ1) is 13.0. The number of hydrogen-bond acceptors (Lipinski definition) is 4. The van der Waals surface area contributed by atoms with Crippen LogP contribution < -0.4 is 5.32 Å².